The molecule has 2 N–H and O–H groups in total. The van der Waals surface area contributed by atoms with Crippen molar-refractivity contribution in [2.75, 3.05) is 13.2 Å². The number of benzene rings is 2. The van der Waals surface area contributed by atoms with Crippen LogP contribution in [0.4, 0.5) is 0 Å². The molecule has 0 heterocycles. The molecule has 2 rings (SSSR count). The first kappa shape index (κ1) is 23.8. The number of aliphatic carboxylic acids is 2. The molecule has 0 spiro atoms. The van der Waals surface area contributed by atoms with Crippen LogP contribution in [0.15, 0.2) is 54.3 Å². The Hall–Kier alpha value is -3.48. The van der Waals surface area contributed by atoms with Crippen LogP contribution in [0.2, 0.25) is 0 Å². The smallest absolute Gasteiger partial charge is 0.372 e. The molecule has 0 amide bonds. The maximum absolute atomic E-state index is 11.2. The highest BCUT2D eigenvalue weighted by Crippen LogP contribution is 2.30. The fourth-order valence-corrected chi connectivity index (χ4v) is 3.03. The molecule has 0 atom stereocenters. The molecule has 0 aliphatic heterocycles. The summed E-state index contributed by atoms with van der Waals surface area (Å²) in [5.41, 5.74) is 1.85. The summed E-state index contributed by atoms with van der Waals surface area (Å²) in [5.74, 6) is -1.83. The van der Waals surface area contributed by atoms with Crippen LogP contribution in [-0.2, 0) is 22.4 Å². The van der Waals surface area contributed by atoms with Gasteiger partial charge in [0, 0.05) is 12.0 Å². The normalized spacial score (nSPS) is 11.1. The summed E-state index contributed by atoms with van der Waals surface area (Å²) in [6.45, 7) is 4.92. The zero-order chi connectivity index (χ0) is 22.6. The fourth-order valence-electron chi connectivity index (χ4n) is 3.03. The van der Waals surface area contributed by atoms with Gasteiger partial charge in [-0.05, 0) is 36.6 Å². The van der Waals surface area contributed by atoms with Crippen molar-refractivity contribution >= 4 is 11.9 Å². The van der Waals surface area contributed by atoms with Crippen LogP contribution in [0.3, 0.4) is 0 Å². The molecule has 31 heavy (non-hydrogen) atoms. The number of hydrogen-bond acceptors (Lipinski definition) is 5. The van der Waals surface area contributed by atoms with Crippen LogP contribution < -0.4 is 14.2 Å². The van der Waals surface area contributed by atoms with E-state index in [0.717, 1.165) is 18.6 Å². The minimum absolute atomic E-state index is 0.250. The van der Waals surface area contributed by atoms with E-state index < -0.39 is 17.7 Å². The van der Waals surface area contributed by atoms with Gasteiger partial charge in [-0.3, -0.25) is 0 Å². The van der Waals surface area contributed by atoms with E-state index in [2.05, 4.69) is 13.0 Å². The number of carboxylic acids is 2. The Morgan fingerprint density at radius 2 is 1.55 bits per heavy atom. The predicted octanol–water partition coefficient (Wildman–Crippen LogP) is 4.48. The van der Waals surface area contributed by atoms with Crippen LogP contribution in [0.25, 0.3) is 0 Å². The van der Waals surface area contributed by atoms with Crippen molar-refractivity contribution in [3.63, 3.8) is 0 Å². The van der Waals surface area contributed by atoms with Crippen molar-refractivity contribution in [1.82, 2.24) is 0 Å². The summed E-state index contributed by atoms with van der Waals surface area (Å²) in [4.78, 5) is 22.1. The number of aryl methyl sites for hydroxylation is 1. The van der Waals surface area contributed by atoms with E-state index in [0.29, 0.717) is 43.4 Å². The number of hydrogen-bond donors (Lipinski definition) is 2. The first-order valence-electron chi connectivity index (χ1n) is 10.3. The third-order valence-corrected chi connectivity index (χ3v) is 4.42. The molecule has 0 fully saturated rings. The van der Waals surface area contributed by atoms with Crippen molar-refractivity contribution in [2.24, 2.45) is 0 Å². The van der Waals surface area contributed by atoms with Gasteiger partial charge in [0.2, 0.25) is 5.76 Å². The molecule has 0 saturated carbocycles. The lowest BCUT2D eigenvalue weighted by Gasteiger charge is -2.15. The van der Waals surface area contributed by atoms with Gasteiger partial charge in [0.15, 0.2) is 0 Å². The topological polar surface area (TPSA) is 102 Å². The average molecular weight is 428 g/mol. The van der Waals surface area contributed by atoms with Crippen LogP contribution in [0.1, 0.15) is 37.8 Å². The molecular formula is C24H28O7. The molecule has 7 heteroatoms. The molecule has 166 valence electrons. The number of carboxylic acid groups (broad SMARTS) is 2. The van der Waals surface area contributed by atoms with Gasteiger partial charge in [-0.25, -0.2) is 9.59 Å². The van der Waals surface area contributed by atoms with Crippen molar-refractivity contribution in [2.45, 2.75) is 39.5 Å². The Morgan fingerprint density at radius 1 is 0.903 bits per heavy atom. The highest BCUT2D eigenvalue weighted by atomic mass is 16.5. The molecule has 0 radical (unpaired) electrons. The van der Waals surface area contributed by atoms with Gasteiger partial charge in [0.05, 0.1) is 19.3 Å². The summed E-state index contributed by atoms with van der Waals surface area (Å²) in [5, 5.41) is 18.0. The van der Waals surface area contributed by atoms with Gasteiger partial charge >= 0.3 is 11.9 Å². The number of ether oxygens (including phenoxy) is 3. The maximum atomic E-state index is 11.2. The molecular weight excluding hydrogens is 400 g/mol. The van der Waals surface area contributed by atoms with Crippen molar-refractivity contribution < 1.29 is 34.0 Å². The van der Waals surface area contributed by atoms with E-state index in [9.17, 15) is 9.59 Å². The quantitative estimate of drug-likeness (QED) is 0.275. The summed E-state index contributed by atoms with van der Waals surface area (Å²) < 4.78 is 17.1. The maximum Gasteiger partial charge on any atom is 0.372 e. The largest absolute Gasteiger partial charge is 0.493 e. The summed E-state index contributed by atoms with van der Waals surface area (Å²) >= 11 is 0. The Bertz CT molecular complexity index is 918. The number of para-hydroxylation sites is 1. The summed E-state index contributed by atoms with van der Waals surface area (Å²) in [6, 6.07) is 13.0. The highest BCUT2D eigenvalue weighted by molar-refractivity contribution is 5.93. The molecule has 0 unspecified atom stereocenters. The lowest BCUT2D eigenvalue weighted by Crippen LogP contribution is -2.12. The minimum Gasteiger partial charge on any atom is -0.493 e. The summed E-state index contributed by atoms with van der Waals surface area (Å²) in [6.07, 6.45) is 3.71. The minimum atomic E-state index is -1.46. The Kier molecular flexibility index (Phi) is 9.42. The second kappa shape index (κ2) is 12.3. The lowest BCUT2D eigenvalue weighted by molar-refractivity contribution is -0.137. The standard InChI is InChI=1S/C24H28O7/c1-3-9-17-10-5-6-11-19(17)29-14-8-15-30-20-12-7-13-21(18(20)4-2)31-22(24(27)28)16-23(25)26/h5-7,10-13,16H,3-4,8-9,14-15H2,1-2H3,(H,25,26)(H,27,28). The fraction of sp³-hybridized carbons (Fsp3) is 0.333. The Morgan fingerprint density at radius 3 is 2.19 bits per heavy atom. The van der Waals surface area contributed by atoms with Gasteiger partial charge in [-0.2, -0.15) is 0 Å². The number of rotatable bonds is 13. The zero-order valence-corrected chi connectivity index (χ0v) is 17.8. The van der Waals surface area contributed by atoms with E-state index in [-0.39, 0.29) is 5.75 Å². The van der Waals surface area contributed by atoms with E-state index in [4.69, 9.17) is 24.4 Å². The molecule has 7 nitrogen and oxygen atoms in total. The van der Waals surface area contributed by atoms with E-state index >= 15 is 0 Å². The molecule has 0 aliphatic carbocycles. The predicted molar refractivity (Wildman–Crippen MR) is 116 cm³/mol. The van der Waals surface area contributed by atoms with Crippen molar-refractivity contribution in [3.8, 4) is 17.2 Å². The van der Waals surface area contributed by atoms with Gasteiger partial charge in [-0.1, -0.05) is 44.5 Å². The van der Waals surface area contributed by atoms with E-state index in [1.807, 2.05) is 25.1 Å². The molecule has 0 aromatic heterocycles. The van der Waals surface area contributed by atoms with Crippen LogP contribution >= 0.6 is 0 Å². The van der Waals surface area contributed by atoms with Crippen molar-refractivity contribution in [3.05, 3.63) is 65.4 Å². The molecule has 2 aromatic rings. The Balaban J connectivity index is 1.97. The third kappa shape index (κ3) is 7.37. The zero-order valence-electron chi connectivity index (χ0n) is 17.8. The second-order valence-electron chi connectivity index (χ2n) is 6.75. The van der Waals surface area contributed by atoms with Crippen LogP contribution in [-0.4, -0.2) is 35.4 Å². The van der Waals surface area contributed by atoms with Gasteiger partial charge in [0.1, 0.15) is 17.2 Å². The van der Waals surface area contributed by atoms with E-state index in [1.165, 1.54) is 5.56 Å². The lowest BCUT2D eigenvalue weighted by atomic mass is 10.1. The Labute approximate surface area is 181 Å². The van der Waals surface area contributed by atoms with E-state index in [1.54, 1.807) is 18.2 Å². The molecule has 2 aromatic carbocycles. The molecule has 0 saturated heterocycles. The molecule has 0 aliphatic rings. The monoisotopic (exact) mass is 428 g/mol. The first-order valence-corrected chi connectivity index (χ1v) is 10.3. The van der Waals surface area contributed by atoms with Gasteiger partial charge in [0.25, 0.3) is 0 Å². The third-order valence-electron chi connectivity index (χ3n) is 4.42. The summed E-state index contributed by atoms with van der Waals surface area (Å²) in [7, 11) is 0. The van der Waals surface area contributed by atoms with Gasteiger partial charge in [-0.15, -0.1) is 0 Å². The number of carbonyl (C=O) groups is 2. The SMILES string of the molecule is CCCc1ccccc1OCCCOc1cccc(OC(=CC(=O)O)C(=O)O)c1CC. The highest BCUT2D eigenvalue weighted by Gasteiger charge is 2.16. The van der Waals surface area contributed by atoms with Crippen LogP contribution in [0.5, 0.6) is 17.2 Å². The van der Waals surface area contributed by atoms with Crippen LogP contribution in [0, 0.1) is 0 Å². The molecule has 0 bridgehead atoms. The van der Waals surface area contributed by atoms with Gasteiger partial charge < -0.3 is 24.4 Å². The average Bonchev–Trinajstić information content (AvgIpc) is 2.74. The second-order valence-corrected chi connectivity index (χ2v) is 6.75. The first-order chi connectivity index (χ1) is 15.0. The van der Waals surface area contributed by atoms with Crippen molar-refractivity contribution in [1.29, 1.82) is 0 Å².